The van der Waals surface area contributed by atoms with Gasteiger partial charge in [-0.3, -0.25) is 9.59 Å². The SMILES string of the molecule is CC1=C(c2ccc(C)cc2)S(=O)(=O)N(Cc2ccc(C(=O)NCCC3=CCCCC3)cc2)C1=O. The molecule has 0 bridgehead atoms. The van der Waals surface area contributed by atoms with Crippen molar-refractivity contribution in [3.63, 3.8) is 0 Å². The zero-order valence-corrected chi connectivity index (χ0v) is 20.5. The zero-order valence-electron chi connectivity index (χ0n) is 19.6. The predicted octanol–water partition coefficient (Wildman–Crippen LogP) is 4.72. The number of carbonyl (C=O) groups excluding carboxylic acids is 2. The highest BCUT2D eigenvalue weighted by Gasteiger charge is 2.42. The maximum atomic E-state index is 13.2. The summed E-state index contributed by atoms with van der Waals surface area (Å²) >= 11 is 0. The van der Waals surface area contributed by atoms with Crippen LogP contribution in [-0.4, -0.2) is 31.1 Å². The largest absolute Gasteiger partial charge is 0.352 e. The Morgan fingerprint density at radius 2 is 1.71 bits per heavy atom. The van der Waals surface area contributed by atoms with Crippen LogP contribution in [0, 0.1) is 6.92 Å². The van der Waals surface area contributed by atoms with E-state index < -0.39 is 15.9 Å². The fraction of sp³-hybridized carbons (Fsp3) is 0.333. The fourth-order valence-corrected chi connectivity index (χ4v) is 6.22. The highest BCUT2D eigenvalue weighted by Crippen LogP contribution is 2.36. The average molecular weight is 479 g/mol. The lowest BCUT2D eigenvalue weighted by atomic mass is 9.97. The van der Waals surface area contributed by atoms with E-state index in [1.54, 1.807) is 43.3 Å². The third-order valence-corrected chi connectivity index (χ3v) is 8.34. The van der Waals surface area contributed by atoms with Crippen molar-refractivity contribution in [2.24, 2.45) is 0 Å². The maximum Gasteiger partial charge on any atom is 0.268 e. The molecule has 6 nitrogen and oxygen atoms in total. The van der Waals surface area contributed by atoms with E-state index in [4.69, 9.17) is 0 Å². The minimum Gasteiger partial charge on any atom is -0.352 e. The van der Waals surface area contributed by atoms with E-state index in [1.807, 2.05) is 19.1 Å². The molecule has 178 valence electrons. The van der Waals surface area contributed by atoms with Gasteiger partial charge in [0.05, 0.1) is 6.54 Å². The fourth-order valence-electron chi connectivity index (χ4n) is 4.42. The van der Waals surface area contributed by atoms with E-state index >= 15 is 0 Å². The summed E-state index contributed by atoms with van der Waals surface area (Å²) in [6.45, 7) is 3.99. The molecule has 34 heavy (non-hydrogen) atoms. The molecular weight excluding hydrogens is 448 g/mol. The van der Waals surface area contributed by atoms with Crippen LogP contribution in [0.3, 0.4) is 0 Å². The Hall–Kier alpha value is -3.19. The van der Waals surface area contributed by atoms with Crippen LogP contribution in [0.4, 0.5) is 0 Å². The second-order valence-electron chi connectivity index (χ2n) is 8.95. The molecule has 2 aliphatic rings. The standard InChI is InChI=1S/C27H30N2O4S/c1-19-8-12-23(13-9-19)25-20(2)27(31)29(34(25,32)33)18-22-10-14-24(15-11-22)26(30)28-17-16-21-6-4-3-5-7-21/h6,8-15H,3-5,7,16-18H2,1-2H3,(H,28,30). The summed E-state index contributed by atoms with van der Waals surface area (Å²) in [6, 6.07) is 13.8. The van der Waals surface area contributed by atoms with Gasteiger partial charge in [0.2, 0.25) is 0 Å². The molecular formula is C27H30N2O4S. The van der Waals surface area contributed by atoms with Crippen molar-refractivity contribution in [1.82, 2.24) is 9.62 Å². The Kier molecular flexibility index (Phi) is 7.03. The first-order valence-corrected chi connectivity index (χ1v) is 13.1. The first-order chi connectivity index (χ1) is 16.3. The molecule has 2 aromatic rings. The van der Waals surface area contributed by atoms with Gasteiger partial charge in [-0.05, 0) is 69.2 Å². The number of rotatable bonds is 7. The first-order valence-electron chi connectivity index (χ1n) is 11.7. The smallest absolute Gasteiger partial charge is 0.268 e. The van der Waals surface area contributed by atoms with Crippen molar-refractivity contribution in [3.05, 3.63) is 88.0 Å². The van der Waals surface area contributed by atoms with Crippen LogP contribution in [0.25, 0.3) is 4.91 Å². The number of hydrogen-bond donors (Lipinski definition) is 1. The van der Waals surface area contributed by atoms with Crippen molar-refractivity contribution in [1.29, 1.82) is 0 Å². The van der Waals surface area contributed by atoms with Crippen molar-refractivity contribution in [2.75, 3.05) is 6.54 Å². The Balaban J connectivity index is 1.41. The second kappa shape index (κ2) is 9.97. The molecule has 0 unspecified atom stereocenters. The topological polar surface area (TPSA) is 83.6 Å². The molecule has 0 saturated carbocycles. The van der Waals surface area contributed by atoms with E-state index in [0.29, 0.717) is 23.2 Å². The predicted molar refractivity (Wildman–Crippen MR) is 133 cm³/mol. The van der Waals surface area contributed by atoms with Gasteiger partial charge in [-0.2, -0.15) is 0 Å². The van der Waals surface area contributed by atoms with Gasteiger partial charge in [0, 0.05) is 17.7 Å². The molecule has 2 aromatic carbocycles. The molecule has 0 atom stereocenters. The number of carbonyl (C=O) groups is 2. The van der Waals surface area contributed by atoms with Crippen LogP contribution in [0.2, 0.25) is 0 Å². The van der Waals surface area contributed by atoms with Gasteiger partial charge in [0.25, 0.3) is 21.8 Å². The van der Waals surface area contributed by atoms with Gasteiger partial charge in [-0.15, -0.1) is 0 Å². The van der Waals surface area contributed by atoms with Crippen LogP contribution in [0.5, 0.6) is 0 Å². The van der Waals surface area contributed by atoms with Crippen molar-refractivity contribution in [2.45, 2.75) is 52.5 Å². The van der Waals surface area contributed by atoms with Gasteiger partial charge in [-0.25, -0.2) is 12.7 Å². The number of sulfonamides is 1. The molecule has 1 N–H and O–H groups in total. The molecule has 1 aliphatic carbocycles. The molecule has 1 aliphatic heterocycles. The maximum absolute atomic E-state index is 13.2. The number of allylic oxidation sites excluding steroid dienone is 1. The third kappa shape index (κ3) is 4.99. The van der Waals surface area contributed by atoms with Crippen LogP contribution in [0.15, 0.2) is 65.8 Å². The van der Waals surface area contributed by atoms with Crippen LogP contribution in [0.1, 0.15) is 66.1 Å². The number of aryl methyl sites for hydroxylation is 1. The monoisotopic (exact) mass is 478 g/mol. The Bertz CT molecular complexity index is 1260. The molecule has 4 rings (SSSR count). The van der Waals surface area contributed by atoms with Crippen molar-refractivity contribution >= 4 is 26.7 Å². The lowest BCUT2D eigenvalue weighted by Gasteiger charge is -2.17. The Morgan fingerprint density at radius 3 is 2.35 bits per heavy atom. The average Bonchev–Trinajstić information content (AvgIpc) is 3.00. The molecule has 0 spiro atoms. The van der Waals surface area contributed by atoms with E-state index in [9.17, 15) is 18.0 Å². The van der Waals surface area contributed by atoms with E-state index in [0.717, 1.165) is 29.1 Å². The van der Waals surface area contributed by atoms with E-state index in [-0.39, 0.29) is 22.9 Å². The van der Waals surface area contributed by atoms with E-state index in [2.05, 4.69) is 11.4 Å². The number of nitrogens with one attached hydrogen (secondary N) is 1. The molecule has 0 saturated heterocycles. The van der Waals surface area contributed by atoms with Crippen LogP contribution in [-0.2, 0) is 21.4 Å². The lowest BCUT2D eigenvalue weighted by Crippen LogP contribution is -2.31. The lowest BCUT2D eigenvalue weighted by molar-refractivity contribution is -0.122. The normalized spacial score (nSPS) is 17.6. The molecule has 0 fully saturated rings. The minimum absolute atomic E-state index is 0.0570. The van der Waals surface area contributed by atoms with Gasteiger partial charge in [0.1, 0.15) is 4.91 Å². The number of benzene rings is 2. The summed E-state index contributed by atoms with van der Waals surface area (Å²) in [4.78, 5) is 25.3. The number of nitrogens with zero attached hydrogens (tertiary/aromatic N) is 1. The van der Waals surface area contributed by atoms with Crippen molar-refractivity contribution < 1.29 is 18.0 Å². The quantitative estimate of drug-likeness (QED) is 0.584. The summed E-state index contributed by atoms with van der Waals surface area (Å²) in [7, 11) is -3.96. The van der Waals surface area contributed by atoms with Gasteiger partial charge >= 0.3 is 0 Å². The first kappa shape index (κ1) is 24.0. The highest BCUT2D eigenvalue weighted by molar-refractivity contribution is 7.99. The van der Waals surface area contributed by atoms with Crippen LogP contribution < -0.4 is 5.32 Å². The van der Waals surface area contributed by atoms with Gasteiger partial charge in [0.15, 0.2) is 0 Å². The molecule has 2 amide bonds. The highest BCUT2D eigenvalue weighted by atomic mass is 32.2. The zero-order chi connectivity index (χ0) is 24.3. The third-order valence-electron chi connectivity index (χ3n) is 6.41. The Morgan fingerprint density at radius 1 is 1.00 bits per heavy atom. The molecule has 0 radical (unpaired) electrons. The van der Waals surface area contributed by atoms with Gasteiger partial charge < -0.3 is 5.32 Å². The number of amides is 2. The Labute approximate surface area is 201 Å². The minimum atomic E-state index is -3.96. The summed E-state index contributed by atoms with van der Waals surface area (Å²) in [5.74, 6) is -0.679. The van der Waals surface area contributed by atoms with Gasteiger partial charge in [-0.1, -0.05) is 53.6 Å². The number of hydrogen-bond acceptors (Lipinski definition) is 4. The summed E-state index contributed by atoms with van der Waals surface area (Å²) in [6.07, 6.45) is 7.85. The molecule has 1 heterocycles. The molecule has 7 heteroatoms. The summed E-state index contributed by atoms with van der Waals surface area (Å²) in [5.41, 5.74) is 4.29. The van der Waals surface area contributed by atoms with Crippen LogP contribution >= 0.6 is 0 Å². The summed E-state index contributed by atoms with van der Waals surface area (Å²) < 4.78 is 27.3. The second-order valence-corrected chi connectivity index (χ2v) is 10.7. The molecule has 0 aromatic heterocycles. The summed E-state index contributed by atoms with van der Waals surface area (Å²) in [5, 5.41) is 2.95. The van der Waals surface area contributed by atoms with E-state index in [1.165, 1.54) is 18.4 Å². The van der Waals surface area contributed by atoms with Crippen molar-refractivity contribution in [3.8, 4) is 0 Å².